The van der Waals surface area contributed by atoms with Crippen molar-refractivity contribution in [2.24, 2.45) is 0 Å². The summed E-state index contributed by atoms with van der Waals surface area (Å²) in [5.74, 6) is 0.0798. The Morgan fingerprint density at radius 3 is 2.79 bits per heavy atom. The Kier molecular flexibility index (Phi) is 4.33. The number of thiazole rings is 1. The van der Waals surface area contributed by atoms with Crippen molar-refractivity contribution in [3.63, 3.8) is 0 Å². The number of hydrogen-bond donors (Lipinski definition) is 0. The summed E-state index contributed by atoms with van der Waals surface area (Å²) in [5.41, 5.74) is 1.39. The van der Waals surface area contributed by atoms with Gasteiger partial charge in [-0.15, -0.1) is 11.3 Å². The van der Waals surface area contributed by atoms with Crippen LogP contribution in [0.4, 0.5) is 0 Å². The molecule has 0 unspecified atom stereocenters. The van der Waals surface area contributed by atoms with Crippen molar-refractivity contribution >= 4 is 17.2 Å². The van der Waals surface area contributed by atoms with E-state index >= 15 is 0 Å². The highest BCUT2D eigenvalue weighted by Crippen LogP contribution is 2.31. The van der Waals surface area contributed by atoms with Crippen LogP contribution in [0.2, 0.25) is 0 Å². The summed E-state index contributed by atoms with van der Waals surface area (Å²) in [6.45, 7) is 1.99. The number of nitrogens with zero attached hydrogens (tertiary/aromatic N) is 4. The summed E-state index contributed by atoms with van der Waals surface area (Å²) in [5, 5.41) is 2.69. The lowest BCUT2D eigenvalue weighted by Crippen LogP contribution is -2.47. The SMILES string of the molecule is CN1CCC[C@H]1[C@@H]1CCCN1C(=O)c1csc(-c2ccccn2)n1. The Balaban J connectivity index is 1.54. The van der Waals surface area contributed by atoms with Crippen molar-refractivity contribution in [3.8, 4) is 10.7 Å². The van der Waals surface area contributed by atoms with Crippen molar-refractivity contribution in [1.82, 2.24) is 19.8 Å². The van der Waals surface area contributed by atoms with Gasteiger partial charge in [0.15, 0.2) is 0 Å². The second kappa shape index (κ2) is 6.61. The summed E-state index contributed by atoms with van der Waals surface area (Å²) in [6.07, 6.45) is 6.39. The second-order valence-corrected chi connectivity index (χ2v) is 7.51. The normalized spacial score (nSPS) is 24.6. The fourth-order valence-corrected chi connectivity index (χ4v) is 4.76. The van der Waals surface area contributed by atoms with E-state index in [2.05, 4.69) is 26.8 Å². The third-order valence-electron chi connectivity index (χ3n) is 5.19. The van der Waals surface area contributed by atoms with Crippen LogP contribution in [0.3, 0.4) is 0 Å². The third-order valence-corrected chi connectivity index (χ3v) is 6.05. The smallest absolute Gasteiger partial charge is 0.273 e. The maximum atomic E-state index is 13.0. The number of likely N-dealkylation sites (tertiary alicyclic amines) is 2. The van der Waals surface area contributed by atoms with Crippen molar-refractivity contribution in [2.75, 3.05) is 20.1 Å². The fraction of sp³-hybridized carbons (Fsp3) is 0.500. The molecule has 0 aromatic carbocycles. The molecule has 2 aliphatic heterocycles. The molecular formula is C18H22N4OS. The summed E-state index contributed by atoms with van der Waals surface area (Å²) in [7, 11) is 2.18. The number of pyridine rings is 1. The standard InChI is InChI=1S/C18H22N4OS/c1-21-10-4-7-15(21)16-8-5-11-22(16)18(23)14-12-24-17(20-14)13-6-2-3-9-19-13/h2-3,6,9,12,15-16H,4-5,7-8,10-11H2,1H3/t15-,16-/m0/s1. The molecule has 0 spiro atoms. The van der Waals surface area contributed by atoms with Gasteiger partial charge in [-0.3, -0.25) is 9.78 Å². The highest BCUT2D eigenvalue weighted by atomic mass is 32.1. The fourth-order valence-electron chi connectivity index (χ4n) is 3.99. The van der Waals surface area contributed by atoms with Crippen molar-refractivity contribution < 1.29 is 4.79 Å². The number of aromatic nitrogens is 2. The minimum atomic E-state index is 0.0798. The van der Waals surface area contributed by atoms with E-state index in [1.807, 2.05) is 23.6 Å². The number of carbonyl (C=O) groups is 1. The van der Waals surface area contributed by atoms with Gasteiger partial charge in [-0.2, -0.15) is 0 Å². The lowest BCUT2D eigenvalue weighted by molar-refractivity contribution is 0.0659. The van der Waals surface area contributed by atoms with Crippen molar-refractivity contribution in [3.05, 3.63) is 35.5 Å². The van der Waals surface area contributed by atoms with Gasteiger partial charge in [0.05, 0.1) is 5.69 Å². The Hall–Kier alpha value is -1.79. The molecule has 4 heterocycles. The van der Waals surface area contributed by atoms with Crippen LogP contribution in [0.15, 0.2) is 29.8 Å². The number of likely N-dealkylation sites (N-methyl/N-ethyl adjacent to an activating group) is 1. The van der Waals surface area contributed by atoms with Gasteiger partial charge in [-0.05, 0) is 51.4 Å². The Labute approximate surface area is 146 Å². The summed E-state index contributed by atoms with van der Waals surface area (Å²) >= 11 is 1.49. The average molecular weight is 342 g/mol. The molecule has 0 N–H and O–H groups in total. The molecule has 5 nitrogen and oxygen atoms in total. The minimum Gasteiger partial charge on any atom is -0.333 e. The molecule has 126 valence electrons. The molecule has 2 aromatic rings. The number of carbonyl (C=O) groups excluding carboxylic acids is 1. The molecule has 2 fully saturated rings. The third kappa shape index (κ3) is 2.84. The van der Waals surface area contributed by atoms with Crippen LogP contribution in [0.5, 0.6) is 0 Å². The maximum absolute atomic E-state index is 13.0. The van der Waals surface area contributed by atoms with Crippen LogP contribution in [-0.4, -0.2) is 57.9 Å². The first-order valence-corrected chi connectivity index (χ1v) is 9.50. The summed E-state index contributed by atoms with van der Waals surface area (Å²) in [6, 6.07) is 6.60. The van der Waals surface area contributed by atoms with Gasteiger partial charge in [0.2, 0.25) is 0 Å². The minimum absolute atomic E-state index is 0.0798. The summed E-state index contributed by atoms with van der Waals surface area (Å²) in [4.78, 5) is 26.3. The first kappa shape index (κ1) is 15.7. The Morgan fingerprint density at radius 2 is 2.04 bits per heavy atom. The number of rotatable bonds is 3. The van der Waals surface area contributed by atoms with Gasteiger partial charge in [0.1, 0.15) is 10.7 Å². The van der Waals surface area contributed by atoms with E-state index in [4.69, 9.17) is 0 Å². The number of amides is 1. The van der Waals surface area contributed by atoms with Gasteiger partial charge in [-0.1, -0.05) is 6.07 Å². The van der Waals surface area contributed by atoms with E-state index in [-0.39, 0.29) is 5.91 Å². The molecule has 0 saturated carbocycles. The quantitative estimate of drug-likeness (QED) is 0.860. The highest BCUT2D eigenvalue weighted by Gasteiger charge is 2.39. The second-order valence-electron chi connectivity index (χ2n) is 6.65. The Bertz CT molecular complexity index is 717. The van der Waals surface area contributed by atoms with E-state index in [0.717, 1.165) is 36.6 Å². The monoisotopic (exact) mass is 342 g/mol. The molecule has 2 aromatic heterocycles. The molecule has 0 bridgehead atoms. The molecule has 6 heteroatoms. The van der Waals surface area contributed by atoms with E-state index in [1.54, 1.807) is 6.20 Å². The predicted molar refractivity (Wildman–Crippen MR) is 95.1 cm³/mol. The van der Waals surface area contributed by atoms with E-state index < -0.39 is 0 Å². The first-order valence-electron chi connectivity index (χ1n) is 8.62. The highest BCUT2D eigenvalue weighted by molar-refractivity contribution is 7.13. The van der Waals surface area contributed by atoms with E-state index in [1.165, 1.54) is 24.2 Å². The van der Waals surface area contributed by atoms with Crippen LogP contribution >= 0.6 is 11.3 Å². The molecule has 0 aliphatic carbocycles. The summed E-state index contributed by atoms with van der Waals surface area (Å²) < 4.78 is 0. The zero-order valence-corrected chi connectivity index (χ0v) is 14.7. The zero-order chi connectivity index (χ0) is 16.5. The average Bonchev–Trinajstić information content (AvgIpc) is 3.35. The van der Waals surface area contributed by atoms with E-state index in [0.29, 0.717) is 17.8 Å². The van der Waals surface area contributed by atoms with Gasteiger partial charge in [0, 0.05) is 30.2 Å². The molecular weight excluding hydrogens is 320 g/mol. The largest absolute Gasteiger partial charge is 0.333 e. The molecule has 2 saturated heterocycles. The van der Waals surface area contributed by atoms with Crippen LogP contribution in [0.25, 0.3) is 10.7 Å². The van der Waals surface area contributed by atoms with Crippen molar-refractivity contribution in [1.29, 1.82) is 0 Å². The van der Waals surface area contributed by atoms with Crippen LogP contribution < -0.4 is 0 Å². The van der Waals surface area contributed by atoms with Crippen LogP contribution in [0.1, 0.15) is 36.2 Å². The van der Waals surface area contributed by atoms with Gasteiger partial charge in [0.25, 0.3) is 5.91 Å². The molecule has 2 aliphatic rings. The van der Waals surface area contributed by atoms with Gasteiger partial charge >= 0.3 is 0 Å². The van der Waals surface area contributed by atoms with Crippen LogP contribution in [0, 0.1) is 0 Å². The van der Waals surface area contributed by atoms with Gasteiger partial charge < -0.3 is 9.80 Å². The lowest BCUT2D eigenvalue weighted by Gasteiger charge is -2.32. The van der Waals surface area contributed by atoms with E-state index in [9.17, 15) is 4.79 Å². The lowest BCUT2D eigenvalue weighted by atomic mass is 10.0. The maximum Gasteiger partial charge on any atom is 0.273 e. The molecule has 1 amide bonds. The molecule has 24 heavy (non-hydrogen) atoms. The topological polar surface area (TPSA) is 49.3 Å². The predicted octanol–water partition coefficient (Wildman–Crippen LogP) is 2.90. The Morgan fingerprint density at radius 1 is 1.21 bits per heavy atom. The van der Waals surface area contributed by atoms with Crippen molar-refractivity contribution in [2.45, 2.75) is 37.8 Å². The molecule has 0 radical (unpaired) electrons. The number of hydrogen-bond acceptors (Lipinski definition) is 5. The molecule has 2 atom stereocenters. The molecule has 4 rings (SSSR count). The first-order chi connectivity index (χ1) is 11.7. The van der Waals surface area contributed by atoms with Crippen LogP contribution in [-0.2, 0) is 0 Å². The zero-order valence-electron chi connectivity index (χ0n) is 13.9. The van der Waals surface area contributed by atoms with Gasteiger partial charge in [-0.25, -0.2) is 4.98 Å².